The minimum Gasteiger partial charge on any atom is -0.477 e. The van der Waals surface area contributed by atoms with Gasteiger partial charge in [-0.1, -0.05) is 11.6 Å². The standard InChI is InChI=1S/C13H7ClF3NO3/c14-7-1-3-8(4-2-7)21-11-9(12(19)20)5-6-10(18-11)13(15,16)17/h1-6H,(H,19,20). The van der Waals surface area contributed by atoms with Gasteiger partial charge < -0.3 is 9.84 Å². The van der Waals surface area contributed by atoms with Crippen molar-refractivity contribution in [3.8, 4) is 11.6 Å². The molecule has 0 amide bonds. The maximum atomic E-state index is 12.6. The largest absolute Gasteiger partial charge is 0.477 e. The van der Waals surface area contributed by atoms with Gasteiger partial charge in [-0.2, -0.15) is 13.2 Å². The molecule has 1 aromatic carbocycles. The second-order valence-corrected chi connectivity index (χ2v) is 4.34. The minimum absolute atomic E-state index is 0.119. The molecule has 0 saturated heterocycles. The zero-order chi connectivity index (χ0) is 15.6. The molecule has 0 radical (unpaired) electrons. The Balaban J connectivity index is 2.43. The maximum Gasteiger partial charge on any atom is 0.433 e. The highest BCUT2D eigenvalue weighted by Gasteiger charge is 2.34. The van der Waals surface area contributed by atoms with Crippen LogP contribution >= 0.6 is 11.6 Å². The molecule has 0 atom stereocenters. The van der Waals surface area contributed by atoms with Gasteiger partial charge in [0.15, 0.2) is 0 Å². The highest BCUT2D eigenvalue weighted by Crippen LogP contribution is 2.32. The van der Waals surface area contributed by atoms with Crippen LogP contribution in [0.2, 0.25) is 5.02 Å². The Morgan fingerprint density at radius 1 is 1.14 bits per heavy atom. The highest BCUT2D eigenvalue weighted by atomic mass is 35.5. The predicted molar refractivity (Wildman–Crippen MR) is 67.7 cm³/mol. The van der Waals surface area contributed by atoms with Gasteiger partial charge in [0.05, 0.1) is 0 Å². The second kappa shape index (κ2) is 5.61. The Hall–Kier alpha value is -2.28. The summed E-state index contributed by atoms with van der Waals surface area (Å²) in [6.45, 7) is 0. The van der Waals surface area contributed by atoms with Crippen molar-refractivity contribution < 1.29 is 27.8 Å². The van der Waals surface area contributed by atoms with Crippen molar-refractivity contribution >= 4 is 17.6 Å². The van der Waals surface area contributed by atoms with Gasteiger partial charge in [-0.25, -0.2) is 9.78 Å². The number of carboxylic acids is 1. The molecule has 0 saturated carbocycles. The van der Waals surface area contributed by atoms with Crippen LogP contribution in [0.25, 0.3) is 0 Å². The summed E-state index contributed by atoms with van der Waals surface area (Å²) < 4.78 is 42.9. The van der Waals surface area contributed by atoms with E-state index in [4.69, 9.17) is 21.4 Å². The van der Waals surface area contributed by atoms with Crippen molar-refractivity contribution in [1.82, 2.24) is 4.98 Å². The summed E-state index contributed by atoms with van der Waals surface area (Å²) in [4.78, 5) is 14.2. The van der Waals surface area contributed by atoms with Gasteiger partial charge >= 0.3 is 12.1 Å². The SMILES string of the molecule is O=C(O)c1ccc(C(F)(F)F)nc1Oc1ccc(Cl)cc1. The van der Waals surface area contributed by atoms with Crippen LogP contribution in [0.1, 0.15) is 16.1 Å². The molecule has 1 aromatic heterocycles. The van der Waals surface area contributed by atoms with E-state index in [1.165, 1.54) is 24.3 Å². The van der Waals surface area contributed by atoms with E-state index in [0.29, 0.717) is 11.1 Å². The van der Waals surface area contributed by atoms with Crippen LogP contribution in [0.15, 0.2) is 36.4 Å². The number of halogens is 4. The molecule has 0 aliphatic carbocycles. The van der Waals surface area contributed by atoms with E-state index in [0.717, 1.165) is 6.07 Å². The van der Waals surface area contributed by atoms with Crippen LogP contribution in [0.3, 0.4) is 0 Å². The first kappa shape index (κ1) is 15.1. The fraction of sp³-hybridized carbons (Fsp3) is 0.0769. The lowest BCUT2D eigenvalue weighted by Gasteiger charge is -2.11. The van der Waals surface area contributed by atoms with Crippen LogP contribution in [0, 0.1) is 0 Å². The molecule has 2 rings (SSSR count). The molecule has 1 N–H and O–H groups in total. The van der Waals surface area contributed by atoms with Gasteiger partial charge in [0.25, 0.3) is 0 Å². The number of benzene rings is 1. The average molecular weight is 318 g/mol. The first-order valence-corrected chi connectivity index (χ1v) is 5.90. The van der Waals surface area contributed by atoms with Gasteiger partial charge in [0.2, 0.25) is 5.88 Å². The summed E-state index contributed by atoms with van der Waals surface area (Å²) in [5, 5.41) is 9.36. The van der Waals surface area contributed by atoms with Gasteiger partial charge in [-0.15, -0.1) is 0 Å². The van der Waals surface area contributed by atoms with Gasteiger partial charge in [0, 0.05) is 5.02 Å². The molecule has 4 nitrogen and oxygen atoms in total. The molecule has 21 heavy (non-hydrogen) atoms. The monoisotopic (exact) mass is 317 g/mol. The van der Waals surface area contributed by atoms with Crippen LogP contribution in [0.5, 0.6) is 11.6 Å². The fourth-order valence-electron chi connectivity index (χ4n) is 1.45. The Labute approximate surface area is 121 Å². The van der Waals surface area contributed by atoms with Crippen molar-refractivity contribution in [3.63, 3.8) is 0 Å². The molecule has 0 fully saturated rings. The number of carbonyl (C=O) groups is 1. The summed E-state index contributed by atoms with van der Waals surface area (Å²) in [7, 11) is 0. The maximum absolute atomic E-state index is 12.6. The minimum atomic E-state index is -4.70. The van der Waals surface area contributed by atoms with Crippen molar-refractivity contribution in [2.45, 2.75) is 6.18 Å². The van der Waals surface area contributed by atoms with E-state index < -0.39 is 29.3 Å². The third kappa shape index (κ3) is 3.63. The number of alkyl halides is 3. The molecule has 0 bridgehead atoms. The molecule has 110 valence electrons. The molecule has 1 heterocycles. The van der Waals surface area contributed by atoms with Crippen molar-refractivity contribution in [2.24, 2.45) is 0 Å². The van der Waals surface area contributed by atoms with Crippen molar-refractivity contribution in [3.05, 3.63) is 52.7 Å². The van der Waals surface area contributed by atoms with Gasteiger partial charge in [-0.05, 0) is 36.4 Å². The number of aromatic carboxylic acids is 1. The quantitative estimate of drug-likeness (QED) is 0.919. The number of ether oxygens (including phenoxy) is 1. The molecule has 0 aliphatic heterocycles. The summed E-state index contributed by atoms with van der Waals surface area (Å²) in [5.41, 5.74) is -1.71. The highest BCUT2D eigenvalue weighted by molar-refractivity contribution is 6.30. The van der Waals surface area contributed by atoms with Crippen molar-refractivity contribution in [1.29, 1.82) is 0 Å². The van der Waals surface area contributed by atoms with E-state index in [1.54, 1.807) is 0 Å². The lowest BCUT2D eigenvalue weighted by atomic mass is 10.2. The molecule has 2 aromatic rings. The number of carboxylic acid groups (broad SMARTS) is 1. The molecule has 0 unspecified atom stereocenters. The molecular weight excluding hydrogens is 311 g/mol. The summed E-state index contributed by atoms with van der Waals surface area (Å²) in [6.07, 6.45) is -4.70. The molecule has 0 aliphatic rings. The zero-order valence-electron chi connectivity index (χ0n) is 10.2. The van der Waals surface area contributed by atoms with Gasteiger partial charge in [-0.3, -0.25) is 0 Å². The molecule has 8 heteroatoms. The third-order valence-electron chi connectivity index (χ3n) is 2.41. The molecule has 0 spiro atoms. The summed E-state index contributed by atoms with van der Waals surface area (Å²) in [6, 6.07) is 7.04. The summed E-state index contributed by atoms with van der Waals surface area (Å²) >= 11 is 5.67. The average Bonchev–Trinajstić information content (AvgIpc) is 2.40. The summed E-state index contributed by atoms with van der Waals surface area (Å²) in [5.74, 6) is -1.96. The molecular formula is C13H7ClF3NO3. The third-order valence-corrected chi connectivity index (χ3v) is 2.66. The van der Waals surface area contributed by atoms with Crippen LogP contribution in [0.4, 0.5) is 13.2 Å². The zero-order valence-corrected chi connectivity index (χ0v) is 10.9. The van der Waals surface area contributed by atoms with Crippen LogP contribution < -0.4 is 4.74 Å². The number of hydrogen-bond donors (Lipinski definition) is 1. The number of nitrogens with zero attached hydrogens (tertiary/aromatic N) is 1. The Bertz CT molecular complexity index is 671. The fourth-order valence-corrected chi connectivity index (χ4v) is 1.58. The van der Waals surface area contributed by atoms with E-state index in [-0.39, 0.29) is 5.75 Å². The van der Waals surface area contributed by atoms with E-state index in [2.05, 4.69) is 4.98 Å². The Morgan fingerprint density at radius 3 is 2.29 bits per heavy atom. The second-order valence-electron chi connectivity index (χ2n) is 3.91. The number of rotatable bonds is 3. The predicted octanol–water partition coefficient (Wildman–Crippen LogP) is 4.24. The topological polar surface area (TPSA) is 59.4 Å². The van der Waals surface area contributed by atoms with Gasteiger partial charge in [0.1, 0.15) is 17.0 Å². The lowest BCUT2D eigenvalue weighted by molar-refractivity contribution is -0.141. The Kier molecular flexibility index (Phi) is 4.04. The number of aromatic nitrogens is 1. The van der Waals surface area contributed by atoms with Crippen molar-refractivity contribution in [2.75, 3.05) is 0 Å². The van der Waals surface area contributed by atoms with Crippen LogP contribution in [-0.2, 0) is 6.18 Å². The normalized spacial score (nSPS) is 11.2. The number of hydrogen-bond acceptors (Lipinski definition) is 3. The van der Waals surface area contributed by atoms with Crippen LogP contribution in [-0.4, -0.2) is 16.1 Å². The first-order valence-electron chi connectivity index (χ1n) is 5.52. The first-order chi connectivity index (χ1) is 9.77. The Morgan fingerprint density at radius 2 is 1.76 bits per heavy atom. The lowest BCUT2D eigenvalue weighted by Crippen LogP contribution is -2.11. The van der Waals surface area contributed by atoms with E-state index >= 15 is 0 Å². The van der Waals surface area contributed by atoms with E-state index in [1.807, 2.05) is 0 Å². The number of pyridine rings is 1. The van der Waals surface area contributed by atoms with E-state index in [9.17, 15) is 18.0 Å². The smallest absolute Gasteiger partial charge is 0.433 e.